The van der Waals surface area contributed by atoms with Crippen molar-refractivity contribution in [3.63, 3.8) is 0 Å². The molecule has 1 aromatic heterocycles. The highest BCUT2D eigenvalue weighted by atomic mass is 79.9. The zero-order valence-electron chi connectivity index (χ0n) is 15.6. The first-order valence-electron chi connectivity index (χ1n) is 8.12. The van der Waals surface area contributed by atoms with Crippen LogP contribution in [0.5, 0.6) is 0 Å². The van der Waals surface area contributed by atoms with Crippen LogP contribution in [0, 0.1) is 5.41 Å². The summed E-state index contributed by atoms with van der Waals surface area (Å²) in [5.74, 6) is -0.705. The average molecular weight is 525 g/mol. The summed E-state index contributed by atoms with van der Waals surface area (Å²) in [6, 6.07) is 9.26. The van der Waals surface area contributed by atoms with E-state index in [0.29, 0.717) is 15.3 Å². The standard InChI is InChI=1S/C18H16BrF3N2O4S2/c1-28-14(25)9-24-16(15(19)17(23)18(20,21)22)13-7-6-12(29-13)10-4-3-5-11(8-10)30(2,26)27/h3-8,23-24H,9H2,1-2H3/b16-15+,23-17?. The number of methoxy groups -OCH3 is 1. The van der Waals surface area contributed by atoms with E-state index in [9.17, 15) is 26.4 Å². The van der Waals surface area contributed by atoms with Gasteiger partial charge in [-0.1, -0.05) is 12.1 Å². The number of hydrogen-bond acceptors (Lipinski definition) is 7. The van der Waals surface area contributed by atoms with Gasteiger partial charge in [-0.25, -0.2) is 8.42 Å². The molecule has 0 aliphatic heterocycles. The number of hydrogen-bond donors (Lipinski definition) is 2. The van der Waals surface area contributed by atoms with Crippen molar-refractivity contribution in [3.05, 3.63) is 45.8 Å². The van der Waals surface area contributed by atoms with E-state index in [1.807, 2.05) is 0 Å². The minimum Gasteiger partial charge on any atom is -0.468 e. The van der Waals surface area contributed by atoms with Gasteiger partial charge >= 0.3 is 12.1 Å². The molecule has 0 saturated carbocycles. The molecule has 1 aromatic carbocycles. The zero-order valence-corrected chi connectivity index (χ0v) is 18.9. The molecule has 0 aliphatic carbocycles. The third-order valence-corrected chi connectivity index (χ3v) is 6.81. The minimum atomic E-state index is -4.90. The van der Waals surface area contributed by atoms with Crippen molar-refractivity contribution in [1.82, 2.24) is 5.32 Å². The lowest BCUT2D eigenvalue weighted by Crippen LogP contribution is -2.27. The minimum absolute atomic E-state index is 0.106. The second-order valence-electron chi connectivity index (χ2n) is 5.96. The highest BCUT2D eigenvalue weighted by molar-refractivity contribution is 9.12. The molecule has 0 spiro atoms. The Labute approximate surface area is 183 Å². The van der Waals surface area contributed by atoms with E-state index < -0.39 is 38.7 Å². The molecular weight excluding hydrogens is 509 g/mol. The lowest BCUT2D eigenvalue weighted by molar-refractivity contribution is -0.139. The fourth-order valence-electron chi connectivity index (χ4n) is 2.26. The van der Waals surface area contributed by atoms with E-state index in [-0.39, 0.29) is 10.6 Å². The molecule has 30 heavy (non-hydrogen) atoms. The summed E-state index contributed by atoms with van der Waals surface area (Å²) in [5, 5.41) is 9.95. The number of carbonyl (C=O) groups excluding carboxylic acids is 1. The maximum Gasteiger partial charge on any atom is 0.433 e. The van der Waals surface area contributed by atoms with E-state index in [4.69, 9.17) is 5.41 Å². The number of alkyl halides is 3. The number of nitrogens with one attached hydrogen (secondary N) is 2. The lowest BCUT2D eigenvalue weighted by atomic mass is 10.2. The normalized spacial score (nSPS) is 12.9. The zero-order chi connectivity index (χ0) is 22.7. The van der Waals surface area contributed by atoms with Crippen LogP contribution < -0.4 is 5.32 Å². The van der Waals surface area contributed by atoms with E-state index >= 15 is 0 Å². The molecule has 0 saturated heterocycles. The molecule has 2 aromatic rings. The molecule has 0 radical (unpaired) electrons. The average Bonchev–Trinajstić information content (AvgIpc) is 3.15. The van der Waals surface area contributed by atoms with Crippen LogP contribution in [0.25, 0.3) is 16.1 Å². The Morgan fingerprint density at radius 2 is 1.93 bits per heavy atom. The molecule has 0 atom stereocenters. The third-order valence-electron chi connectivity index (χ3n) is 3.76. The highest BCUT2D eigenvalue weighted by Gasteiger charge is 2.37. The fourth-order valence-corrected chi connectivity index (χ4v) is 4.67. The summed E-state index contributed by atoms with van der Waals surface area (Å²) in [6.07, 6.45) is -3.83. The Hall–Kier alpha value is -2.18. The number of thiophene rings is 1. The van der Waals surface area contributed by atoms with Crippen LogP contribution in [0.3, 0.4) is 0 Å². The van der Waals surface area contributed by atoms with Gasteiger partial charge < -0.3 is 10.1 Å². The molecule has 0 unspecified atom stereocenters. The van der Waals surface area contributed by atoms with Crippen LogP contribution in [-0.4, -0.2) is 46.2 Å². The molecule has 0 aliphatic rings. The Kier molecular flexibility index (Phi) is 7.48. The molecule has 12 heteroatoms. The van der Waals surface area contributed by atoms with Crippen molar-refractivity contribution in [2.45, 2.75) is 11.1 Å². The Morgan fingerprint density at radius 3 is 2.50 bits per heavy atom. The highest BCUT2D eigenvalue weighted by Crippen LogP contribution is 2.36. The van der Waals surface area contributed by atoms with Crippen LogP contribution >= 0.6 is 27.3 Å². The molecular formula is C18H16BrF3N2O4S2. The summed E-state index contributed by atoms with van der Waals surface area (Å²) in [5.41, 5.74) is -1.18. The summed E-state index contributed by atoms with van der Waals surface area (Å²) in [7, 11) is -2.30. The van der Waals surface area contributed by atoms with Gasteiger partial charge in [0.25, 0.3) is 0 Å². The molecule has 0 amide bonds. The second kappa shape index (κ2) is 9.31. The summed E-state index contributed by atoms with van der Waals surface area (Å²) >= 11 is 3.87. The van der Waals surface area contributed by atoms with E-state index in [1.165, 1.54) is 18.2 Å². The van der Waals surface area contributed by atoms with Crippen LogP contribution in [0.4, 0.5) is 13.2 Å². The van der Waals surface area contributed by atoms with E-state index in [1.54, 1.807) is 18.2 Å². The number of ether oxygens (including phenoxy) is 1. The van der Waals surface area contributed by atoms with Gasteiger partial charge in [-0.3, -0.25) is 10.2 Å². The number of carbonyl (C=O) groups is 1. The van der Waals surface area contributed by atoms with Gasteiger partial charge in [-0.05, 0) is 45.8 Å². The van der Waals surface area contributed by atoms with Crippen molar-refractivity contribution in [3.8, 4) is 10.4 Å². The number of allylic oxidation sites excluding steroid dienone is 1. The molecule has 0 fully saturated rings. The quantitative estimate of drug-likeness (QED) is 0.417. The number of sulfone groups is 1. The maximum absolute atomic E-state index is 13.0. The van der Waals surface area contributed by atoms with Crippen LogP contribution in [0.1, 0.15) is 4.88 Å². The Balaban J connectivity index is 2.50. The van der Waals surface area contributed by atoms with Crippen molar-refractivity contribution in [1.29, 1.82) is 5.41 Å². The number of halogens is 4. The number of esters is 1. The largest absolute Gasteiger partial charge is 0.468 e. The summed E-state index contributed by atoms with van der Waals surface area (Å²) < 4.78 is 66.5. The van der Waals surface area contributed by atoms with Crippen LogP contribution in [0.15, 0.2) is 45.8 Å². The van der Waals surface area contributed by atoms with Gasteiger partial charge in [0.05, 0.1) is 27.1 Å². The third kappa shape index (κ3) is 5.92. The maximum atomic E-state index is 13.0. The van der Waals surface area contributed by atoms with Gasteiger partial charge in [0.2, 0.25) is 0 Å². The van der Waals surface area contributed by atoms with Gasteiger partial charge in [0.15, 0.2) is 15.5 Å². The molecule has 1 heterocycles. The molecule has 0 bridgehead atoms. The Bertz CT molecular complexity index is 1110. The monoisotopic (exact) mass is 524 g/mol. The fraction of sp³-hybridized carbons (Fsp3) is 0.222. The first kappa shape index (κ1) is 24.1. The van der Waals surface area contributed by atoms with Gasteiger partial charge in [0, 0.05) is 11.1 Å². The van der Waals surface area contributed by atoms with Crippen LogP contribution in [0.2, 0.25) is 0 Å². The molecule has 162 valence electrons. The second-order valence-corrected chi connectivity index (χ2v) is 9.85. The topological polar surface area (TPSA) is 96.3 Å². The predicted molar refractivity (Wildman–Crippen MR) is 113 cm³/mol. The van der Waals surface area contributed by atoms with Gasteiger partial charge in [0.1, 0.15) is 6.54 Å². The predicted octanol–water partition coefficient (Wildman–Crippen LogP) is 4.23. The van der Waals surface area contributed by atoms with E-state index in [2.05, 4.69) is 26.0 Å². The first-order valence-corrected chi connectivity index (χ1v) is 11.6. The molecule has 2 N–H and O–H groups in total. The van der Waals surface area contributed by atoms with Gasteiger partial charge in [-0.2, -0.15) is 13.2 Å². The molecule has 2 rings (SSSR count). The lowest BCUT2D eigenvalue weighted by Gasteiger charge is -2.14. The molecule has 6 nitrogen and oxygen atoms in total. The van der Waals surface area contributed by atoms with Gasteiger partial charge in [-0.15, -0.1) is 11.3 Å². The number of benzene rings is 1. The smallest absolute Gasteiger partial charge is 0.433 e. The Morgan fingerprint density at radius 1 is 1.27 bits per heavy atom. The first-order chi connectivity index (χ1) is 13.8. The van der Waals surface area contributed by atoms with E-state index in [0.717, 1.165) is 24.7 Å². The van der Waals surface area contributed by atoms with Crippen molar-refractivity contribution >= 4 is 54.5 Å². The van der Waals surface area contributed by atoms with Crippen molar-refractivity contribution in [2.24, 2.45) is 0 Å². The van der Waals surface area contributed by atoms with Crippen LogP contribution in [-0.2, 0) is 19.4 Å². The summed E-state index contributed by atoms with van der Waals surface area (Å²) in [6.45, 7) is -0.414. The van der Waals surface area contributed by atoms with Crippen molar-refractivity contribution in [2.75, 3.05) is 19.9 Å². The van der Waals surface area contributed by atoms with Crippen molar-refractivity contribution < 1.29 is 31.1 Å². The SMILES string of the molecule is COC(=O)CN/C(=C(/Br)C(=N)C(F)(F)F)c1ccc(-c2cccc(S(C)(=O)=O)c2)s1. The number of rotatable bonds is 7. The summed E-state index contributed by atoms with van der Waals surface area (Å²) in [4.78, 5) is 12.4.